The topological polar surface area (TPSA) is 165 Å². The summed E-state index contributed by atoms with van der Waals surface area (Å²) in [5.74, 6) is -2.39. The van der Waals surface area contributed by atoms with Gasteiger partial charge in [-0.05, 0) is 57.1 Å². The van der Waals surface area contributed by atoms with Gasteiger partial charge in [0.25, 0.3) is 21.8 Å². The van der Waals surface area contributed by atoms with Gasteiger partial charge in [-0.3, -0.25) is 14.4 Å². The van der Waals surface area contributed by atoms with Crippen LogP contribution in [0.4, 0.5) is 4.79 Å². The number of carbonyl (C=O) groups is 4. The smallest absolute Gasteiger partial charge is 0.405 e. The average molecular weight is 567 g/mol. The zero-order valence-electron chi connectivity index (χ0n) is 20.7. The van der Waals surface area contributed by atoms with Gasteiger partial charge in [-0.15, -0.1) is 0 Å². The fourth-order valence-electron chi connectivity index (χ4n) is 5.11. The molecule has 4 N–H and O–H groups in total. The lowest BCUT2D eigenvalue weighted by atomic mass is 10.1. The van der Waals surface area contributed by atoms with Gasteiger partial charge >= 0.3 is 6.09 Å². The molecule has 2 fully saturated rings. The summed E-state index contributed by atoms with van der Waals surface area (Å²) < 4.78 is 33.1. The zero-order chi connectivity index (χ0) is 27.5. The highest BCUT2D eigenvalue weighted by Crippen LogP contribution is 2.46. The number of rotatable bonds is 4. The third-order valence-electron chi connectivity index (χ3n) is 7.20. The van der Waals surface area contributed by atoms with Crippen molar-refractivity contribution in [2.45, 2.75) is 73.9 Å². The van der Waals surface area contributed by atoms with Gasteiger partial charge in [-0.1, -0.05) is 42.3 Å². The fourth-order valence-corrected chi connectivity index (χ4v) is 6.67. The van der Waals surface area contributed by atoms with Gasteiger partial charge < -0.3 is 20.7 Å². The number of nitrogens with one attached hydrogen (secondary N) is 2. The Morgan fingerprint density at radius 2 is 1.89 bits per heavy atom. The SMILES string of the molecule is NC(=O)OC1CCCCC/C=C/C2CC2(C(=O)NS(=O)(=O)c2ccccc2Cl)NC(=O)C2CCCN2C1=O. The maximum atomic E-state index is 13.4. The van der Waals surface area contributed by atoms with Gasteiger partial charge in [0.05, 0.1) is 5.02 Å². The number of hydrogen-bond acceptors (Lipinski definition) is 7. The van der Waals surface area contributed by atoms with Crippen molar-refractivity contribution in [1.82, 2.24) is 14.9 Å². The highest BCUT2D eigenvalue weighted by Gasteiger charge is 2.61. The minimum atomic E-state index is -4.31. The molecule has 1 aromatic rings. The summed E-state index contributed by atoms with van der Waals surface area (Å²) in [7, 11) is -4.31. The lowest BCUT2D eigenvalue weighted by Gasteiger charge is -2.29. The Hall–Kier alpha value is -3.12. The number of allylic oxidation sites excluding steroid dienone is 1. The molecule has 0 radical (unpaired) electrons. The molecule has 11 nitrogen and oxygen atoms in total. The van der Waals surface area contributed by atoms with Crippen LogP contribution in [-0.2, 0) is 29.1 Å². The van der Waals surface area contributed by atoms with E-state index in [-0.39, 0.29) is 29.3 Å². The molecule has 13 heteroatoms. The van der Waals surface area contributed by atoms with Gasteiger partial charge in [0.1, 0.15) is 16.5 Å². The Morgan fingerprint density at radius 3 is 2.63 bits per heavy atom. The number of benzene rings is 1. The molecule has 38 heavy (non-hydrogen) atoms. The Morgan fingerprint density at radius 1 is 1.13 bits per heavy atom. The van der Waals surface area contributed by atoms with Crippen molar-refractivity contribution < 1.29 is 32.3 Å². The molecular formula is C25H31ClN4O7S. The van der Waals surface area contributed by atoms with Crippen LogP contribution in [0.15, 0.2) is 41.3 Å². The van der Waals surface area contributed by atoms with Gasteiger partial charge in [0.15, 0.2) is 6.10 Å². The van der Waals surface area contributed by atoms with Crippen LogP contribution < -0.4 is 15.8 Å². The van der Waals surface area contributed by atoms with E-state index < -0.39 is 57.4 Å². The van der Waals surface area contributed by atoms with Crippen molar-refractivity contribution in [3.8, 4) is 0 Å². The Balaban J connectivity index is 1.60. The number of carbonyl (C=O) groups excluding carboxylic acids is 4. The quantitative estimate of drug-likeness (QED) is 0.469. The summed E-state index contributed by atoms with van der Waals surface area (Å²) in [5.41, 5.74) is 3.69. The maximum Gasteiger partial charge on any atom is 0.405 e. The molecular weight excluding hydrogens is 536 g/mol. The fraction of sp³-hybridized carbons (Fsp3) is 0.520. The molecule has 0 spiro atoms. The minimum absolute atomic E-state index is 0.0449. The summed E-state index contributed by atoms with van der Waals surface area (Å²) in [6.07, 6.45) is 5.78. The average Bonchev–Trinajstić information content (AvgIpc) is 3.31. The van der Waals surface area contributed by atoms with Crippen LogP contribution >= 0.6 is 11.6 Å². The van der Waals surface area contributed by atoms with Crippen molar-refractivity contribution in [2.75, 3.05) is 6.54 Å². The van der Waals surface area contributed by atoms with Crippen LogP contribution in [0.1, 0.15) is 51.4 Å². The number of nitrogens with zero attached hydrogens (tertiary/aromatic N) is 1. The maximum absolute atomic E-state index is 13.4. The zero-order valence-corrected chi connectivity index (χ0v) is 22.3. The molecule has 1 saturated carbocycles. The van der Waals surface area contributed by atoms with E-state index in [4.69, 9.17) is 22.1 Å². The Labute approximate surface area is 226 Å². The van der Waals surface area contributed by atoms with Crippen molar-refractivity contribution in [3.05, 3.63) is 41.4 Å². The number of hydrogen-bond donors (Lipinski definition) is 3. The molecule has 206 valence electrons. The van der Waals surface area contributed by atoms with E-state index in [0.717, 1.165) is 12.8 Å². The van der Waals surface area contributed by atoms with E-state index in [1.807, 2.05) is 12.2 Å². The first-order valence-corrected chi connectivity index (χ1v) is 14.5. The lowest BCUT2D eigenvalue weighted by molar-refractivity contribution is -0.146. The number of ether oxygens (including phenoxy) is 1. The number of fused-ring (bicyclic) bond motifs is 2. The second-order valence-electron chi connectivity index (χ2n) is 9.82. The van der Waals surface area contributed by atoms with Crippen LogP contribution in [-0.4, -0.2) is 61.4 Å². The standard InChI is InChI=1S/C25H31ClN4O7S/c26-17-10-6-7-13-20(17)38(35,36)29-23(33)25-15-16(25)9-4-2-1-3-5-12-19(37-24(27)34)22(32)30-14-8-11-18(30)21(31)28-25/h4,6-7,9-10,13,16,18-19H,1-3,5,8,11-12,14-15H2,(H2,27,34)(H,28,31)(H,29,33)/b9-4+. The molecule has 4 unspecified atom stereocenters. The van der Waals surface area contributed by atoms with E-state index in [2.05, 4.69) is 10.0 Å². The molecule has 1 aliphatic carbocycles. The van der Waals surface area contributed by atoms with Crippen molar-refractivity contribution in [1.29, 1.82) is 0 Å². The molecule has 4 rings (SSSR count). The number of nitrogens with two attached hydrogens (primary N) is 1. The largest absolute Gasteiger partial charge is 0.436 e. The number of halogens is 1. The summed E-state index contributed by atoms with van der Waals surface area (Å²) in [6.45, 7) is 0.277. The third kappa shape index (κ3) is 5.96. The van der Waals surface area contributed by atoms with E-state index in [9.17, 15) is 27.6 Å². The Kier molecular flexibility index (Phi) is 8.31. The molecule has 1 saturated heterocycles. The van der Waals surface area contributed by atoms with E-state index in [1.54, 1.807) is 6.07 Å². The first-order chi connectivity index (χ1) is 18.0. The number of amides is 4. The summed E-state index contributed by atoms with van der Waals surface area (Å²) >= 11 is 6.04. The van der Waals surface area contributed by atoms with Crippen LogP contribution in [0, 0.1) is 5.92 Å². The predicted octanol–water partition coefficient (Wildman–Crippen LogP) is 1.99. The Bertz CT molecular complexity index is 1250. The van der Waals surface area contributed by atoms with Crippen molar-refractivity contribution in [3.63, 3.8) is 0 Å². The summed E-state index contributed by atoms with van der Waals surface area (Å²) in [6, 6.07) is 4.83. The molecule has 3 aliphatic rings. The van der Waals surface area contributed by atoms with Crippen LogP contribution in [0.2, 0.25) is 5.02 Å². The molecule has 0 aromatic heterocycles. The monoisotopic (exact) mass is 566 g/mol. The molecule has 2 heterocycles. The molecule has 4 amide bonds. The van der Waals surface area contributed by atoms with Gasteiger partial charge in [-0.25, -0.2) is 17.9 Å². The summed E-state index contributed by atoms with van der Waals surface area (Å²) in [4.78, 5) is 52.6. The number of sulfonamides is 1. The highest BCUT2D eigenvalue weighted by atomic mass is 35.5. The van der Waals surface area contributed by atoms with Gasteiger partial charge in [0.2, 0.25) is 5.91 Å². The van der Waals surface area contributed by atoms with Crippen molar-refractivity contribution in [2.24, 2.45) is 11.7 Å². The molecule has 1 aromatic carbocycles. The number of primary amides is 1. The van der Waals surface area contributed by atoms with Crippen LogP contribution in [0.25, 0.3) is 0 Å². The van der Waals surface area contributed by atoms with Crippen LogP contribution in [0.3, 0.4) is 0 Å². The van der Waals surface area contributed by atoms with E-state index in [1.165, 1.54) is 23.1 Å². The van der Waals surface area contributed by atoms with Gasteiger partial charge in [-0.2, -0.15) is 0 Å². The minimum Gasteiger partial charge on any atom is -0.436 e. The molecule has 4 atom stereocenters. The van der Waals surface area contributed by atoms with E-state index >= 15 is 0 Å². The van der Waals surface area contributed by atoms with E-state index in [0.29, 0.717) is 25.7 Å². The second-order valence-corrected chi connectivity index (χ2v) is 11.9. The lowest BCUT2D eigenvalue weighted by Crippen LogP contribution is -2.57. The first kappa shape index (κ1) is 27.9. The highest BCUT2D eigenvalue weighted by molar-refractivity contribution is 7.90. The normalized spacial score (nSPS) is 29.1. The van der Waals surface area contributed by atoms with Crippen LogP contribution in [0.5, 0.6) is 0 Å². The third-order valence-corrected chi connectivity index (χ3v) is 9.03. The second kappa shape index (κ2) is 11.3. The molecule has 0 bridgehead atoms. The first-order valence-electron chi connectivity index (χ1n) is 12.6. The summed E-state index contributed by atoms with van der Waals surface area (Å²) in [5, 5.41) is 2.70. The molecule has 2 aliphatic heterocycles. The van der Waals surface area contributed by atoms with Gasteiger partial charge in [0, 0.05) is 12.5 Å². The van der Waals surface area contributed by atoms with Crippen molar-refractivity contribution >= 4 is 45.4 Å². The predicted molar refractivity (Wildman–Crippen MR) is 137 cm³/mol.